The molecule has 20 heavy (non-hydrogen) atoms. The van der Waals surface area contributed by atoms with E-state index in [2.05, 4.69) is 10.3 Å². The number of rotatable bonds is 4. The van der Waals surface area contributed by atoms with Crippen LogP contribution in [0.2, 0.25) is 0 Å². The van der Waals surface area contributed by atoms with Crippen molar-refractivity contribution in [3.63, 3.8) is 0 Å². The van der Waals surface area contributed by atoms with Gasteiger partial charge in [-0.1, -0.05) is 0 Å². The molecule has 0 atom stereocenters. The van der Waals surface area contributed by atoms with Crippen LogP contribution in [0, 0.1) is 0 Å². The van der Waals surface area contributed by atoms with Crippen molar-refractivity contribution in [3.05, 3.63) is 36.0 Å². The fourth-order valence-electron chi connectivity index (χ4n) is 1.82. The van der Waals surface area contributed by atoms with E-state index in [0.717, 1.165) is 0 Å². The van der Waals surface area contributed by atoms with Crippen LogP contribution in [-0.4, -0.2) is 24.2 Å². The van der Waals surface area contributed by atoms with Crippen LogP contribution in [0.5, 0.6) is 11.5 Å². The Morgan fingerprint density at radius 3 is 3.05 bits per heavy atom. The van der Waals surface area contributed by atoms with Crippen molar-refractivity contribution in [3.8, 4) is 11.5 Å². The Hall–Kier alpha value is -2.54. The van der Waals surface area contributed by atoms with Crippen molar-refractivity contribution in [2.75, 3.05) is 18.7 Å². The molecule has 0 bridgehead atoms. The second kappa shape index (κ2) is 5.22. The summed E-state index contributed by atoms with van der Waals surface area (Å²) in [4.78, 5) is 16.0. The number of carbonyl (C=O) groups is 1. The zero-order valence-electron chi connectivity index (χ0n) is 10.6. The number of nitrogens with two attached hydrogens (primary N) is 1. The van der Waals surface area contributed by atoms with Crippen LogP contribution in [0.4, 0.5) is 5.69 Å². The molecule has 0 aliphatic carbocycles. The van der Waals surface area contributed by atoms with Crippen molar-refractivity contribution in [1.29, 1.82) is 0 Å². The number of oxazole rings is 1. The number of aromatic nitrogens is 1. The Morgan fingerprint density at radius 1 is 1.35 bits per heavy atom. The number of nitrogens with one attached hydrogen (secondary N) is 1. The van der Waals surface area contributed by atoms with Crippen molar-refractivity contribution < 1.29 is 18.7 Å². The van der Waals surface area contributed by atoms with E-state index in [9.17, 15) is 4.79 Å². The molecule has 1 aliphatic rings. The predicted octanol–water partition coefficient (Wildman–Crippen LogP) is 1.16. The summed E-state index contributed by atoms with van der Waals surface area (Å²) in [6, 6.07) is 5.16. The standard InChI is InChI=1S/C13H13N3O4/c14-4-3-12-16-9(6-18-12)13(17)15-8-1-2-10-11(5-8)20-7-19-10/h1-2,5-6H,3-4,7,14H2,(H,15,17). The summed E-state index contributed by atoms with van der Waals surface area (Å²) in [6.07, 6.45) is 1.81. The van der Waals surface area contributed by atoms with Gasteiger partial charge in [-0.05, 0) is 12.1 Å². The van der Waals surface area contributed by atoms with Crippen LogP contribution in [0.1, 0.15) is 16.4 Å². The van der Waals surface area contributed by atoms with Crippen molar-refractivity contribution in [2.45, 2.75) is 6.42 Å². The van der Waals surface area contributed by atoms with Gasteiger partial charge in [0.1, 0.15) is 6.26 Å². The number of ether oxygens (including phenoxy) is 2. The van der Waals surface area contributed by atoms with E-state index >= 15 is 0 Å². The summed E-state index contributed by atoms with van der Waals surface area (Å²) >= 11 is 0. The third-order valence-electron chi connectivity index (χ3n) is 2.77. The van der Waals surface area contributed by atoms with Crippen molar-refractivity contribution in [1.82, 2.24) is 4.98 Å². The molecule has 1 amide bonds. The predicted molar refractivity (Wildman–Crippen MR) is 69.8 cm³/mol. The molecule has 0 saturated heterocycles. The topological polar surface area (TPSA) is 99.6 Å². The van der Waals surface area contributed by atoms with Crippen LogP contribution < -0.4 is 20.5 Å². The molecular formula is C13H13N3O4. The first-order chi connectivity index (χ1) is 9.76. The highest BCUT2D eigenvalue weighted by atomic mass is 16.7. The normalized spacial score (nSPS) is 12.4. The number of hydrogen-bond donors (Lipinski definition) is 2. The minimum absolute atomic E-state index is 0.193. The maximum absolute atomic E-state index is 12.0. The smallest absolute Gasteiger partial charge is 0.277 e. The number of hydrogen-bond acceptors (Lipinski definition) is 6. The van der Waals surface area contributed by atoms with Crippen LogP contribution >= 0.6 is 0 Å². The summed E-state index contributed by atoms with van der Waals surface area (Å²) in [5.74, 6) is 1.36. The molecule has 1 aliphatic heterocycles. The van der Waals surface area contributed by atoms with E-state index in [0.29, 0.717) is 36.0 Å². The Labute approximate surface area is 114 Å². The summed E-state index contributed by atoms with van der Waals surface area (Å²) in [6.45, 7) is 0.613. The van der Waals surface area contributed by atoms with Gasteiger partial charge in [0.2, 0.25) is 6.79 Å². The highest BCUT2D eigenvalue weighted by Crippen LogP contribution is 2.34. The molecule has 0 radical (unpaired) electrons. The molecular weight excluding hydrogens is 262 g/mol. The second-order valence-corrected chi connectivity index (χ2v) is 4.19. The lowest BCUT2D eigenvalue weighted by molar-refractivity contribution is 0.102. The largest absolute Gasteiger partial charge is 0.454 e. The van der Waals surface area contributed by atoms with Gasteiger partial charge >= 0.3 is 0 Å². The van der Waals surface area contributed by atoms with Crippen LogP contribution in [-0.2, 0) is 6.42 Å². The number of benzene rings is 1. The number of nitrogens with zero attached hydrogens (tertiary/aromatic N) is 1. The fraction of sp³-hybridized carbons (Fsp3) is 0.231. The van der Waals surface area contributed by atoms with Crippen LogP contribution in [0.3, 0.4) is 0 Å². The summed E-state index contributed by atoms with van der Waals surface area (Å²) in [5, 5.41) is 2.72. The Bertz CT molecular complexity index is 638. The second-order valence-electron chi connectivity index (χ2n) is 4.19. The van der Waals surface area contributed by atoms with E-state index in [-0.39, 0.29) is 18.4 Å². The first-order valence-electron chi connectivity index (χ1n) is 6.12. The SMILES string of the molecule is NCCc1nc(C(=O)Nc2ccc3c(c2)OCO3)co1. The summed E-state index contributed by atoms with van der Waals surface area (Å²) in [5.41, 5.74) is 6.21. The van der Waals surface area contributed by atoms with Crippen LogP contribution in [0.15, 0.2) is 28.9 Å². The average molecular weight is 275 g/mol. The first-order valence-corrected chi connectivity index (χ1v) is 6.12. The molecule has 2 heterocycles. The van der Waals surface area contributed by atoms with Crippen LogP contribution in [0.25, 0.3) is 0 Å². The minimum atomic E-state index is -0.351. The molecule has 7 nitrogen and oxygen atoms in total. The third-order valence-corrected chi connectivity index (χ3v) is 2.77. The first kappa shape index (κ1) is 12.5. The van der Waals surface area contributed by atoms with E-state index in [1.165, 1.54) is 6.26 Å². The lowest BCUT2D eigenvalue weighted by Gasteiger charge is -2.03. The Balaban J connectivity index is 1.71. The number of fused-ring (bicyclic) bond motifs is 1. The molecule has 3 N–H and O–H groups in total. The van der Waals surface area contributed by atoms with E-state index in [1.54, 1.807) is 18.2 Å². The average Bonchev–Trinajstić information content (AvgIpc) is 3.07. The van der Waals surface area contributed by atoms with Gasteiger partial charge in [-0.2, -0.15) is 0 Å². The van der Waals surface area contributed by atoms with E-state index in [4.69, 9.17) is 19.6 Å². The summed E-state index contributed by atoms with van der Waals surface area (Å²) < 4.78 is 15.6. The van der Waals surface area contributed by atoms with E-state index in [1.807, 2.05) is 0 Å². The Kier molecular flexibility index (Phi) is 3.26. The van der Waals surface area contributed by atoms with Crippen molar-refractivity contribution in [2.24, 2.45) is 5.73 Å². The molecule has 1 aromatic heterocycles. The highest BCUT2D eigenvalue weighted by molar-refractivity contribution is 6.02. The molecule has 104 valence electrons. The lowest BCUT2D eigenvalue weighted by Crippen LogP contribution is -2.12. The van der Waals surface area contributed by atoms with Gasteiger partial charge < -0.3 is 24.9 Å². The minimum Gasteiger partial charge on any atom is -0.454 e. The molecule has 1 aromatic carbocycles. The zero-order chi connectivity index (χ0) is 13.9. The Morgan fingerprint density at radius 2 is 2.20 bits per heavy atom. The molecule has 3 rings (SSSR count). The van der Waals surface area contributed by atoms with Crippen molar-refractivity contribution >= 4 is 11.6 Å². The van der Waals surface area contributed by atoms with Gasteiger partial charge in [-0.15, -0.1) is 0 Å². The molecule has 0 saturated carbocycles. The molecule has 7 heteroatoms. The lowest BCUT2D eigenvalue weighted by atomic mass is 10.2. The molecule has 2 aromatic rings. The van der Waals surface area contributed by atoms with Gasteiger partial charge in [0.25, 0.3) is 5.91 Å². The number of amides is 1. The fourth-order valence-corrected chi connectivity index (χ4v) is 1.82. The maximum atomic E-state index is 12.0. The zero-order valence-corrected chi connectivity index (χ0v) is 10.6. The van der Waals surface area contributed by atoms with Gasteiger partial charge in [-0.25, -0.2) is 4.98 Å². The molecule has 0 unspecified atom stereocenters. The third kappa shape index (κ3) is 2.43. The quantitative estimate of drug-likeness (QED) is 0.868. The molecule has 0 spiro atoms. The van der Waals surface area contributed by atoms with Gasteiger partial charge in [0.15, 0.2) is 23.1 Å². The summed E-state index contributed by atoms with van der Waals surface area (Å²) in [7, 11) is 0. The van der Waals surface area contributed by atoms with Gasteiger partial charge in [-0.3, -0.25) is 4.79 Å². The number of anilines is 1. The monoisotopic (exact) mass is 275 g/mol. The molecule has 0 fully saturated rings. The van der Waals surface area contributed by atoms with Gasteiger partial charge in [0.05, 0.1) is 0 Å². The highest BCUT2D eigenvalue weighted by Gasteiger charge is 2.16. The number of carbonyl (C=O) groups excluding carboxylic acids is 1. The van der Waals surface area contributed by atoms with Gasteiger partial charge in [0, 0.05) is 24.7 Å². The van der Waals surface area contributed by atoms with E-state index < -0.39 is 0 Å². The maximum Gasteiger partial charge on any atom is 0.277 e.